The lowest BCUT2D eigenvalue weighted by Crippen LogP contribution is -2.46. The summed E-state index contributed by atoms with van der Waals surface area (Å²) in [4.78, 5) is 11.7. The molecule has 51 heavy (non-hydrogen) atoms. The van der Waals surface area contributed by atoms with Crippen LogP contribution in [0.25, 0.3) is 33.3 Å². The molecule has 0 fully saturated rings. The molecule has 0 saturated heterocycles. The first-order chi connectivity index (χ1) is 25.1. The molecule has 4 atom stereocenters. The maximum atomic E-state index is 5.18. The molecule has 5 aromatic rings. The summed E-state index contributed by atoms with van der Waals surface area (Å²) in [6.45, 7) is 6.90. The molecule has 0 saturated carbocycles. The van der Waals surface area contributed by atoms with Crippen molar-refractivity contribution in [3.63, 3.8) is 0 Å². The maximum absolute atomic E-state index is 5.18. The molecular weight excluding hydrogens is 637 g/mol. The number of para-hydroxylation sites is 1. The van der Waals surface area contributed by atoms with Crippen molar-refractivity contribution in [1.29, 1.82) is 0 Å². The van der Waals surface area contributed by atoms with E-state index in [0.29, 0.717) is 5.25 Å². The first-order valence-corrected chi connectivity index (χ1v) is 19.3. The molecule has 3 aliphatic carbocycles. The predicted molar refractivity (Wildman–Crippen MR) is 216 cm³/mol. The molecule has 2 nitrogen and oxygen atoms in total. The molecule has 9 rings (SSSR count). The van der Waals surface area contributed by atoms with Crippen LogP contribution in [0.1, 0.15) is 79.9 Å². The van der Waals surface area contributed by atoms with Crippen LogP contribution >= 0.6 is 11.8 Å². The van der Waals surface area contributed by atoms with Crippen molar-refractivity contribution >= 4 is 33.8 Å². The van der Waals surface area contributed by atoms with Crippen LogP contribution in [0.4, 0.5) is 0 Å². The van der Waals surface area contributed by atoms with E-state index in [2.05, 4.69) is 178 Å². The molecule has 0 bridgehead atoms. The quantitative estimate of drug-likeness (QED) is 0.173. The average Bonchev–Trinajstić information content (AvgIpc) is 3.19. The number of rotatable bonds is 5. The molecule has 1 aliphatic heterocycles. The minimum atomic E-state index is -0.177. The summed E-state index contributed by atoms with van der Waals surface area (Å²) in [5.74, 6) is 1.12. The molecule has 3 unspecified atom stereocenters. The van der Waals surface area contributed by atoms with Gasteiger partial charge in [-0.1, -0.05) is 147 Å². The molecule has 250 valence electrons. The number of aromatic nitrogens is 2. The first kappa shape index (κ1) is 32.0. The lowest BCUT2D eigenvalue weighted by atomic mass is 9.52. The summed E-state index contributed by atoms with van der Waals surface area (Å²) in [6.07, 6.45) is 22.1. The molecule has 2 heterocycles. The van der Waals surface area contributed by atoms with Crippen molar-refractivity contribution in [2.45, 2.75) is 67.4 Å². The minimum Gasteiger partial charge on any atom is -0.232 e. The van der Waals surface area contributed by atoms with Crippen LogP contribution in [-0.4, -0.2) is 15.2 Å². The molecule has 4 aromatic carbocycles. The van der Waals surface area contributed by atoms with E-state index in [1.807, 2.05) is 0 Å². The van der Waals surface area contributed by atoms with Crippen molar-refractivity contribution in [3.05, 3.63) is 185 Å². The SMILES string of the molecule is C/C=C(\C=C/C(C)c1nc(-c2ccccc2)c2ccccc2n1)c1cccc2c1[C@@H](C)C1(C3=CC=CCC3Sc3ccccc31)C1=C2C=CCC1. The van der Waals surface area contributed by atoms with Gasteiger partial charge in [0.2, 0.25) is 0 Å². The highest BCUT2D eigenvalue weighted by Gasteiger charge is 2.54. The molecule has 0 N–H and O–H groups in total. The van der Waals surface area contributed by atoms with Gasteiger partial charge in [-0.25, -0.2) is 9.97 Å². The Hall–Kier alpha value is -4.99. The zero-order chi connectivity index (χ0) is 34.5. The Balaban J connectivity index is 1.17. The van der Waals surface area contributed by atoms with Gasteiger partial charge in [-0.05, 0) is 88.8 Å². The van der Waals surface area contributed by atoms with Crippen molar-refractivity contribution in [2.24, 2.45) is 0 Å². The van der Waals surface area contributed by atoms with Gasteiger partial charge < -0.3 is 0 Å². The topological polar surface area (TPSA) is 25.8 Å². The van der Waals surface area contributed by atoms with Gasteiger partial charge in [-0.15, -0.1) is 11.8 Å². The molecular formula is C48H42N2S. The average molecular weight is 679 g/mol. The van der Waals surface area contributed by atoms with E-state index in [1.54, 1.807) is 11.1 Å². The summed E-state index contributed by atoms with van der Waals surface area (Å²) in [5, 5.41) is 1.53. The van der Waals surface area contributed by atoms with Crippen LogP contribution in [0.5, 0.6) is 0 Å². The minimum absolute atomic E-state index is 0.0214. The van der Waals surface area contributed by atoms with E-state index in [4.69, 9.17) is 9.97 Å². The van der Waals surface area contributed by atoms with Gasteiger partial charge >= 0.3 is 0 Å². The van der Waals surface area contributed by atoms with Gasteiger partial charge in [0.05, 0.1) is 11.2 Å². The van der Waals surface area contributed by atoms with Crippen molar-refractivity contribution in [3.8, 4) is 11.3 Å². The summed E-state index contributed by atoms with van der Waals surface area (Å²) in [7, 11) is 0. The second-order valence-corrected chi connectivity index (χ2v) is 15.5. The Labute approximate surface area is 306 Å². The normalized spacial score (nSPS) is 22.8. The molecule has 1 spiro atoms. The number of hydrogen-bond donors (Lipinski definition) is 0. The number of allylic oxidation sites excluding steroid dienone is 11. The Morgan fingerprint density at radius 1 is 0.902 bits per heavy atom. The van der Waals surface area contributed by atoms with E-state index in [9.17, 15) is 0 Å². The van der Waals surface area contributed by atoms with Crippen molar-refractivity contribution < 1.29 is 0 Å². The maximum Gasteiger partial charge on any atom is 0.136 e. The fourth-order valence-corrected chi connectivity index (χ4v) is 10.7. The predicted octanol–water partition coefficient (Wildman–Crippen LogP) is 12.6. The molecule has 0 radical (unpaired) electrons. The van der Waals surface area contributed by atoms with E-state index < -0.39 is 0 Å². The Morgan fingerprint density at radius 3 is 2.61 bits per heavy atom. The van der Waals surface area contributed by atoms with Crippen molar-refractivity contribution in [1.82, 2.24) is 9.97 Å². The number of benzene rings is 4. The van der Waals surface area contributed by atoms with E-state index in [0.717, 1.165) is 47.2 Å². The number of nitrogens with zero attached hydrogens (tertiary/aromatic N) is 2. The zero-order valence-electron chi connectivity index (χ0n) is 29.5. The van der Waals surface area contributed by atoms with Crippen LogP contribution in [0.3, 0.4) is 0 Å². The van der Waals surface area contributed by atoms with Crippen LogP contribution in [0, 0.1) is 0 Å². The lowest BCUT2D eigenvalue weighted by Gasteiger charge is -2.54. The van der Waals surface area contributed by atoms with Gasteiger partial charge in [-0.2, -0.15) is 0 Å². The number of fused-ring (bicyclic) bond motifs is 8. The Morgan fingerprint density at radius 2 is 1.73 bits per heavy atom. The summed E-state index contributed by atoms with van der Waals surface area (Å²) in [5.41, 5.74) is 14.4. The molecule has 1 aromatic heterocycles. The first-order valence-electron chi connectivity index (χ1n) is 18.4. The van der Waals surface area contributed by atoms with Gasteiger partial charge in [-0.3, -0.25) is 0 Å². The largest absolute Gasteiger partial charge is 0.232 e. The van der Waals surface area contributed by atoms with Gasteiger partial charge in [0, 0.05) is 32.4 Å². The zero-order valence-corrected chi connectivity index (χ0v) is 30.3. The molecule has 0 amide bonds. The number of thioether (sulfide) groups is 1. The fraction of sp³-hybridized carbons (Fsp3) is 0.208. The number of hydrogen-bond acceptors (Lipinski definition) is 3. The highest BCUT2D eigenvalue weighted by atomic mass is 32.2. The standard InChI is InChI=1S/C48H42N2S/c1-4-33(30-29-31(2)47-49-42-26-13-9-20-38(42)46(50-47)34-17-6-5-7-18-34)35-21-16-22-37-36-19-8-10-23-39(36)48(32(3)45(35)37)40-24-11-14-27-43(40)51-44-28-15-12-25-41(44)48/h4-9,11-22,24-27,29-32,44H,10,23,28H2,1-3H3/b30-29-,33-4+/t31?,32-,44?,48?/m1/s1. The van der Waals surface area contributed by atoms with Gasteiger partial charge in [0.1, 0.15) is 5.82 Å². The van der Waals surface area contributed by atoms with Gasteiger partial charge in [0.25, 0.3) is 0 Å². The lowest BCUT2D eigenvalue weighted by molar-refractivity contribution is 0.443. The Kier molecular flexibility index (Phi) is 8.12. The molecule has 3 heteroatoms. The highest BCUT2D eigenvalue weighted by Crippen LogP contribution is 2.65. The second kappa shape index (κ2) is 13.0. The van der Waals surface area contributed by atoms with Crippen LogP contribution < -0.4 is 0 Å². The van der Waals surface area contributed by atoms with Gasteiger partial charge in [0.15, 0.2) is 0 Å². The summed E-state index contributed by atoms with van der Waals surface area (Å²) < 4.78 is 0. The second-order valence-electron chi connectivity index (χ2n) is 14.2. The third-order valence-electron chi connectivity index (χ3n) is 11.5. The summed E-state index contributed by atoms with van der Waals surface area (Å²) >= 11 is 2.06. The molecule has 4 aliphatic rings. The Bertz CT molecular complexity index is 2370. The van der Waals surface area contributed by atoms with Crippen molar-refractivity contribution in [2.75, 3.05) is 0 Å². The highest BCUT2D eigenvalue weighted by molar-refractivity contribution is 8.00. The van der Waals surface area contributed by atoms with Crippen LogP contribution in [0.2, 0.25) is 0 Å². The van der Waals surface area contributed by atoms with Crippen LogP contribution in [0.15, 0.2) is 162 Å². The van der Waals surface area contributed by atoms with E-state index in [1.165, 1.54) is 38.3 Å². The van der Waals surface area contributed by atoms with E-state index in [-0.39, 0.29) is 17.3 Å². The monoisotopic (exact) mass is 678 g/mol. The van der Waals surface area contributed by atoms with Crippen LogP contribution in [-0.2, 0) is 5.41 Å². The fourth-order valence-electron chi connectivity index (χ4n) is 9.24. The third kappa shape index (κ3) is 5.08. The summed E-state index contributed by atoms with van der Waals surface area (Å²) in [6, 6.07) is 35.1. The van der Waals surface area contributed by atoms with E-state index >= 15 is 0 Å². The smallest absolute Gasteiger partial charge is 0.136 e. The third-order valence-corrected chi connectivity index (χ3v) is 12.9.